The van der Waals surface area contributed by atoms with Crippen molar-refractivity contribution in [2.24, 2.45) is 5.92 Å². The van der Waals surface area contributed by atoms with Crippen LogP contribution in [0.4, 0.5) is 4.39 Å². The predicted octanol–water partition coefficient (Wildman–Crippen LogP) is 3.57. The molecule has 0 bridgehead atoms. The molecule has 0 aliphatic heterocycles. The average molecular weight is 421 g/mol. The average Bonchev–Trinajstić information content (AvgIpc) is 2.96. The molecule has 0 fully saturated rings. The van der Waals surface area contributed by atoms with Gasteiger partial charge in [-0.2, -0.15) is 10.4 Å². The Labute approximate surface area is 173 Å². The van der Waals surface area contributed by atoms with Gasteiger partial charge in [-0.25, -0.2) is 13.9 Å². The second kappa shape index (κ2) is 8.62. The fourth-order valence-corrected chi connectivity index (χ4v) is 2.77. The van der Waals surface area contributed by atoms with E-state index in [2.05, 4.69) is 16.5 Å². The first kappa shape index (κ1) is 22.4. The number of aryl methyl sites for hydroxylation is 1. The van der Waals surface area contributed by atoms with Crippen molar-refractivity contribution in [3.05, 3.63) is 46.5 Å². The molecule has 154 valence electrons. The topological polar surface area (TPSA) is 97.0 Å². The maximum atomic E-state index is 13.1. The fraction of sp³-hybridized carbons (Fsp3) is 0.400. The highest BCUT2D eigenvalue weighted by Gasteiger charge is 2.33. The SMILES string of the molecule is Cc1nn(-c2ccc(F)cc2)c(Cl)c1C(=O)O[C@@H](C)C(=O)N[C@@](C)(C#N)C(C)C. The summed E-state index contributed by atoms with van der Waals surface area (Å²) in [4.78, 5) is 25.0. The molecule has 0 saturated heterocycles. The zero-order valence-corrected chi connectivity index (χ0v) is 17.5. The number of benzene rings is 1. The Morgan fingerprint density at radius 2 is 1.90 bits per heavy atom. The van der Waals surface area contributed by atoms with E-state index < -0.39 is 29.3 Å². The van der Waals surface area contributed by atoms with Crippen molar-refractivity contribution in [2.45, 2.75) is 46.3 Å². The molecule has 1 heterocycles. The Bertz CT molecular complexity index is 965. The molecule has 0 aliphatic rings. The van der Waals surface area contributed by atoms with Gasteiger partial charge in [-0.3, -0.25) is 4.79 Å². The van der Waals surface area contributed by atoms with Crippen LogP contribution in [0.25, 0.3) is 5.69 Å². The van der Waals surface area contributed by atoms with E-state index in [0.717, 1.165) is 0 Å². The molecule has 2 aromatic rings. The zero-order chi connectivity index (χ0) is 21.9. The van der Waals surface area contributed by atoms with Crippen LogP contribution in [0.5, 0.6) is 0 Å². The van der Waals surface area contributed by atoms with Crippen LogP contribution in [0.15, 0.2) is 24.3 Å². The smallest absolute Gasteiger partial charge is 0.344 e. The Kier molecular flexibility index (Phi) is 6.65. The molecule has 29 heavy (non-hydrogen) atoms. The lowest BCUT2D eigenvalue weighted by molar-refractivity contribution is -0.130. The molecule has 2 atom stereocenters. The van der Waals surface area contributed by atoms with E-state index in [1.54, 1.807) is 27.7 Å². The van der Waals surface area contributed by atoms with Gasteiger partial charge in [-0.15, -0.1) is 0 Å². The zero-order valence-electron chi connectivity index (χ0n) is 16.8. The molecule has 1 amide bonds. The number of hydrogen-bond donors (Lipinski definition) is 1. The first-order valence-corrected chi connectivity index (χ1v) is 9.33. The number of amides is 1. The van der Waals surface area contributed by atoms with Crippen LogP contribution >= 0.6 is 11.6 Å². The highest BCUT2D eigenvalue weighted by molar-refractivity contribution is 6.33. The molecule has 0 radical (unpaired) electrons. The number of halogens is 2. The summed E-state index contributed by atoms with van der Waals surface area (Å²) in [5.41, 5.74) is -0.340. The molecule has 0 spiro atoms. The molecule has 1 N–H and O–H groups in total. The van der Waals surface area contributed by atoms with E-state index in [-0.39, 0.29) is 16.6 Å². The van der Waals surface area contributed by atoms with E-state index in [1.807, 2.05) is 0 Å². The molecule has 1 aromatic carbocycles. The number of hydrogen-bond acceptors (Lipinski definition) is 5. The molecule has 0 saturated carbocycles. The maximum absolute atomic E-state index is 13.1. The second-order valence-electron chi connectivity index (χ2n) is 7.15. The van der Waals surface area contributed by atoms with Crippen LogP contribution in [0.3, 0.4) is 0 Å². The van der Waals surface area contributed by atoms with E-state index >= 15 is 0 Å². The first-order chi connectivity index (χ1) is 13.5. The van der Waals surface area contributed by atoms with Gasteiger partial charge in [0.1, 0.15) is 22.1 Å². The third-order valence-corrected chi connectivity index (χ3v) is 5.05. The summed E-state index contributed by atoms with van der Waals surface area (Å²) in [6, 6.07) is 7.48. The highest BCUT2D eigenvalue weighted by atomic mass is 35.5. The van der Waals surface area contributed by atoms with Crippen LogP contribution in [-0.2, 0) is 9.53 Å². The largest absolute Gasteiger partial charge is 0.449 e. The number of rotatable bonds is 6. The lowest BCUT2D eigenvalue weighted by atomic mass is 9.90. The van der Waals surface area contributed by atoms with Crippen molar-refractivity contribution < 1.29 is 18.7 Å². The van der Waals surface area contributed by atoms with Crippen LogP contribution in [0.2, 0.25) is 5.15 Å². The van der Waals surface area contributed by atoms with E-state index in [4.69, 9.17) is 16.3 Å². The lowest BCUT2D eigenvalue weighted by Gasteiger charge is -2.28. The second-order valence-corrected chi connectivity index (χ2v) is 7.50. The standard InChI is InChI=1S/C20H22ClFN4O3/c1-11(2)20(5,10-23)24-18(27)13(4)29-19(28)16-12(3)25-26(17(16)21)15-8-6-14(22)7-9-15/h6-9,11,13H,1-5H3,(H,24,27)/t13-,20-/m0/s1. The van der Waals surface area contributed by atoms with Gasteiger partial charge in [0.2, 0.25) is 0 Å². The Hall–Kier alpha value is -2.92. The highest BCUT2D eigenvalue weighted by Crippen LogP contribution is 2.25. The summed E-state index contributed by atoms with van der Waals surface area (Å²) >= 11 is 6.29. The van der Waals surface area contributed by atoms with Gasteiger partial charge in [0.15, 0.2) is 6.10 Å². The minimum atomic E-state index is -1.15. The minimum absolute atomic E-state index is 0.00236. The predicted molar refractivity (Wildman–Crippen MR) is 105 cm³/mol. The van der Waals surface area contributed by atoms with Crippen LogP contribution in [0, 0.1) is 30.0 Å². The number of nitrogens with one attached hydrogen (secondary N) is 1. The molecular formula is C20H22ClFN4O3. The maximum Gasteiger partial charge on any atom is 0.344 e. The van der Waals surface area contributed by atoms with E-state index in [1.165, 1.54) is 35.9 Å². The molecule has 7 nitrogen and oxygen atoms in total. The quantitative estimate of drug-likeness (QED) is 0.720. The molecule has 0 unspecified atom stereocenters. The molecule has 2 rings (SSSR count). The van der Waals surface area contributed by atoms with E-state index in [0.29, 0.717) is 11.4 Å². The van der Waals surface area contributed by atoms with Crippen molar-refractivity contribution in [1.82, 2.24) is 15.1 Å². The molecule has 0 aliphatic carbocycles. The fourth-order valence-electron chi connectivity index (χ4n) is 2.42. The minimum Gasteiger partial charge on any atom is -0.449 e. The number of nitrogens with zero attached hydrogens (tertiary/aromatic N) is 3. The normalized spacial score (nSPS) is 14.0. The Morgan fingerprint density at radius 1 is 1.31 bits per heavy atom. The van der Waals surface area contributed by atoms with Crippen LogP contribution < -0.4 is 5.32 Å². The molecule has 9 heteroatoms. The summed E-state index contributed by atoms with van der Waals surface area (Å²) in [5.74, 6) is -1.99. The lowest BCUT2D eigenvalue weighted by Crippen LogP contribution is -2.52. The summed E-state index contributed by atoms with van der Waals surface area (Å²) in [7, 11) is 0. The van der Waals surface area contributed by atoms with Gasteiger partial charge in [0.05, 0.1) is 17.5 Å². The summed E-state index contributed by atoms with van der Waals surface area (Å²) in [6.07, 6.45) is -1.15. The number of aromatic nitrogens is 2. The van der Waals surface area contributed by atoms with Crippen molar-refractivity contribution in [3.8, 4) is 11.8 Å². The summed E-state index contributed by atoms with van der Waals surface area (Å²) in [5, 5.41) is 16.1. The number of carbonyl (C=O) groups excluding carboxylic acids is 2. The van der Waals surface area contributed by atoms with Gasteiger partial charge in [-0.05, 0) is 51.0 Å². The third kappa shape index (κ3) is 4.74. The van der Waals surface area contributed by atoms with Crippen molar-refractivity contribution >= 4 is 23.5 Å². The van der Waals surface area contributed by atoms with E-state index in [9.17, 15) is 19.2 Å². The monoisotopic (exact) mass is 420 g/mol. The van der Waals surface area contributed by atoms with Crippen LogP contribution in [-0.4, -0.2) is 33.3 Å². The number of nitriles is 1. The summed E-state index contributed by atoms with van der Waals surface area (Å²) < 4.78 is 19.7. The van der Waals surface area contributed by atoms with Crippen LogP contribution in [0.1, 0.15) is 43.7 Å². The Balaban J connectivity index is 2.20. The van der Waals surface area contributed by atoms with Gasteiger partial charge in [-0.1, -0.05) is 25.4 Å². The molecule has 1 aromatic heterocycles. The van der Waals surface area contributed by atoms with Gasteiger partial charge in [0, 0.05) is 0 Å². The number of ether oxygens (including phenoxy) is 1. The molecular weight excluding hydrogens is 399 g/mol. The van der Waals surface area contributed by atoms with Crippen molar-refractivity contribution in [3.63, 3.8) is 0 Å². The number of esters is 1. The Morgan fingerprint density at radius 3 is 2.41 bits per heavy atom. The number of carbonyl (C=O) groups is 2. The van der Waals surface area contributed by atoms with Gasteiger partial charge in [0.25, 0.3) is 5.91 Å². The summed E-state index contributed by atoms with van der Waals surface area (Å²) in [6.45, 7) is 8.16. The van der Waals surface area contributed by atoms with Crippen molar-refractivity contribution in [2.75, 3.05) is 0 Å². The van der Waals surface area contributed by atoms with Crippen molar-refractivity contribution in [1.29, 1.82) is 5.26 Å². The van der Waals surface area contributed by atoms with Gasteiger partial charge >= 0.3 is 5.97 Å². The third-order valence-electron chi connectivity index (χ3n) is 4.70. The first-order valence-electron chi connectivity index (χ1n) is 8.95. The van der Waals surface area contributed by atoms with Gasteiger partial charge < -0.3 is 10.1 Å².